The van der Waals surface area contributed by atoms with E-state index in [4.69, 9.17) is 5.73 Å². The molecule has 0 fully saturated rings. The van der Waals surface area contributed by atoms with Crippen LogP contribution < -0.4 is 5.73 Å². The van der Waals surface area contributed by atoms with Crippen molar-refractivity contribution in [2.45, 2.75) is 17.8 Å². The molecule has 1 aromatic carbocycles. The van der Waals surface area contributed by atoms with Gasteiger partial charge in [0.25, 0.3) is 0 Å². The van der Waals surface area contributed by atoms with Crippen LogP contribution in [0.5, 0.6) is 0 Å². The van der Waals surface area contributed by atoms with E-state index in [-0.39, 0.29) is 17.5 Å². The molecule has 2 aromatic rings. The van der Waals surface area contributed by atoms with Crippen LogP contribution >= 0.6 is 23.1 Å². The first-order chi connectivity index (χ1) is 10.1. The van der Waals surface area contributed by atoms with Gasteiger partial charge in [-0.25, -0.2) is 4.39 Å². The Balaban J connectivity index is 1.92. The van der Waals surface area contributed by atoms with Crippen molar-refractivity contribution in [3.63, 3.8) is 0 Å². The van der Waals surface area contributed by atoms with Gasteiger partial charge < -0.3 is 10.6 Å². The fourth-order valence-electron chi connectivity index (χ4n) is 1.73. The van der Waals surface area contributed by atoms with Gasteiger partial charge in [-0.05, 0) is 24.6 Å². The van der Waals surface area contributed by atoms with E-state index in [1.165, 1.54) is 35.2 Å². The molecule has 0 radical (unpaired) electrons. The van der Waals surface area contributed by atoms with Gasteiger partial charge in [-0.2, -0.15) is 0 Å². The Bertz CT molecular complexity index is 620. The van der Waals surface area contributed by atoms with Crippen molar-refractivity contribution in [3.8, 4) is 0 Å². The molecule has 0 atom stereocenters. The van der Waals surface area contributed by atoms with Gasteiger partial charge in [0.05, 0.1) is 5.75 Å². The molecule has 0 spiro atoms. The van der Waals surface area contributed by atoms with E-state index in [9.17, 15) is 9.18 Å². The Morgan fingerprint density at radius 2 is 2.29 bits per heavy atom. The second kappa shape index (κ2) is 7.37. The lowest BCUT2D eigenvalue weighted by Crippen LogP contribution is -2.31. The van der Waals surface area contributed by atoms with Crippen molar-refractivity contribution in [1.29, 1.82) is 0 Å². The zero-order chi connectivity index (χ0) is 15.2. The number of nitrogens with two attached hydrogens (primary N) is 1. The lowest BCUT2D eigenvalue weighted by atomic mass is 10.2. The molecule has 21 heavy (non-hydrogen) atoms. The van der Waals surface area contributed by atoms with Crippen molar-refractivity contribution in [3.05, 3.63) is 35.6 Å². The second-order valence-electron chi connectivity index (χ2n) is 4.23. The molecular formula is C13H15FN4OS2. The van der Waals surface area contributed by atoms with E-state index in [0.717, 1.165) is 5.56 Å². The fraction of sp³-hybridized carbons (Fsp3) is 0.308. The minimum absolute atomic E-state index is 0.0273. The first-order valence-electron chi connectivity index (χ1n) is 6.32. The minimum atomic E-state index is -0.297. The molecule has 1 heterocycles. The van der Waals surface area contributed by atoms with E-state index in [0.29, 0.717) is 22.6 Å². The Morgan fingerprint density at radius 3 is 2.90 bits per heavy atom. The quantitative estimate of drug-likeness (QED) is 0.825. The Kier molecular flexibility index (Phi) is 5.51. The maximum absolute atomic E-state index is 13.2. The minimum Gasteiger partial charge on any atom is -0.374 e. The molecule has 8 heteroatoms. The van der Waals surface area contributed by atoms with Crippen molar-refractivity contribution in [2.75, 3.05) is 18.0 Å². The van der Waals surface area contributed by atoms with Crippen molar-refractivity contribution < 1.29 is 9.18 Å². The third-order valence-electron chi connectivity index (χ3n) is 2.74. The third kappa shape index (κ3) is 4.68. The zero-order valence-corrected chi connectivity index (χ0v) is 13.1. The highest BCUT2D eigenvalue weighted by molar-refractivity contribution is 8.01. The molecular weight excluding hydrogens is 311 g/mol. The van der Waals surface area contributed by atoms with E-state index in [1.54, 1.807) is 17.0 Å². The highest BCUT2D eigenvalue weighted by Crippen LogP contribution is 2.23. The monoisotopic (exact) mass is 326 g/mol. The number of carbonyl (C=O) groups is 1. The molecule has 1 amide bonds. The first-order valence-corrected chi connectivity index (χ1v) is 8.12. The van der Waals surface area contributed by atoms with Gasteiger partial charge in [0.2, 0.25) is 11.0 Å². The predicted octanol–water partition coefficient (Wildman–Crippen LogP) is 2.40. The standard InChI is InChI=1S/C13H15FN4OS2/c1-2-18(7-9-4-3-5-10(14)6-9)11(19)8-20-13-17-16-12(15)21-13/h3-6H,2,7-8H2,1H3,(H2,15,16). The number of rotatable bonds is 6. The van der Waals surface area contributed by atoms with Crippen LogP contribution in [0.15, 0.2) is 28.6 Å². The Morgan fingerprint density at radius 1 is 1.48 bits per heavy atom. The number of nitrogens with zero attached hydrogens (tertiary/aromatic N) is 3. The summed E-state index contributed by atoms with van der Waals surface area (Å²) in [6.45, 7) is 2.85. The lowest BCUT2D eigenvalue weighted by Gasteiger charge is -2.20. The van der Waals surface area contributed by atoms with Crippen LogP contribution in [0.4, 0.5) is 9.52 Å². The first kappa shape index (κ1) is 15.7. The average Bonchev–Trinajstić information content (AvgIpc) is 2.88. The van der Waals surface area contributed by atoms with E-state index < -0.39 is 0 Å². The normalized spacial score (nSPS) is 10.6. The summed E-state index contributed by atoms with van der Waals surface area (Å²) in [6, 6.07) is 6.27. The summed E-state index contributed by atoms with van der Waals surface area (Å²) in [5.74, 6) is -0.0622. The summed E-state index contributed by atoms with van der Waals surface area (Å²) in [5, 5.41) is 7.94. The maximum Gasteiger partial charge on any atom is 0.233 e. The van der Waals surface area contributed by atoms with Crippen LogP contribution in [-0.2, 0) is 11.3 Å². The summed E-state index contributed by atoms with van der Waals surface area (Å²) in [6.07, 6.45) is 0. The van der Waals surface area contributed by atoms with Gasteiger partial charge in [0.1, 0.15) is 5.82 Å². The molecule has 0 aliphatic carbocycles. The number of thioether (sulfide) groups is 1. The summed E-state index contributed by atoms with van der Waals surface area (Å²) >= 11 is 2.56. The predicted molar refractivity (Wildman–Crippen MR) is 82.5 cm³/mol. The number of halogens is 1. The largest absolute Gasteiger partial charge is 0.374 e. The highest BCUT2D eigenvalue weighted by Gasteiger charge is 2.14. The van der Waals surface area contributed by atoms with Gasteiger partial charge in [0.15, 0.2) is 4.34 Å². The zero-order valence-electron chi connectivity index (χ0n) is 11.5. The second-order valence-corrected chi connectivity index (χ2v) is 6.46. The molecule has 112 valence electrons. The summed E-state index contributed by atoms with van der Waals surface area (Å²) in [7, 11) is 0. The van der Waals surface area contributed by atoms with Crippen LogP contribution in [0, 0.1) is 5.82 Å². The van der Waals surface area contributed by atoms with Crippen LogP contribution in [-0.4, -0.2) is 33.3 Å². The lowest BCUT2D eigenvalue weighted by molar-refractivity contribution is -0.128. The summed E-state index contributed by atoms with van der Waals surface area (Å²) in [4.78, 5) is 13.9. The van der Waals surface area contributed by atoms with Crippen molar-refractivity contribution >= 4 is 34.1 Å². The molecule has 2 rings (SSSR count). The van der Waals surface area contributed by atoms with Crippen molar-refractivity contribution in [2.24, 2.45) is 0 Å². The number of anilines is 1. The molecule has 0 saturated carbocycles. The van der Waals surface area contributed by atoms with Gasteiger partial charge in [-0.15, -0.1) is 10.2 Å². The van der Waals surface area contributed by atoms with E-state index in [2.05, 4.69) is 10.2 Å². The number of amides is 1. The highest BCUT2D eigenvalue weighted by atomic mass is 32.2. The average molecular weight is 326 g/mol. The van der Waals surface area contributed by atoms with Gasteiger partial charge in [0, 0.05) is 13.1 Å². The molecule has 0 aliphatic heterocycles. The number of hydrogen-bond acceptors (Lipinski definition) is 6. The van der Waals surface area contributed by atoms with E-state index in [1.807, 2.05) is 6.92 Å². The number of benzene rings is 1. The number of nitrogen functional groups attached to an aromatic ring is 1. The molecule has 2 N–H and O–H groups in total. The molecule has 0 saturated heterocycles. The maximum atomic E-state index is 13.2. The van der Waals surface area contributed by atoms with Gasteiger partial charge in [-0.3, -0.25) is 4.79 Å². The third-order valence-corrected chi connectivity index (χ3v) is 4.61. The molecule has 0 unspecified atom stereocenters. The van der Waals surface area contributed by atoms with Crippen LogP contribution in [0.1, 0.15) is 12.5 Å². The summed E-state index contributed by atoms with van der Waals surface area (Å²) in [5.41, 5.74) is 6.26. The molecule has 5 nitrogen and oxygen atoms in total. The van der Waals surface area contributed by atoms with Crippen molar-refractivity contribution in [1.82, 2.24) is 15.1 Å². The van der Waals surface area contributed by atoms with Gasteiger partial charge in [-0.1, -0.05) is 35.2 Å². The SMILES string of the molecule is CCN(Cc1cccc(F)c1)C(=O)CSc1nnc(N)s1. The number of aromatic nitrogens is 2. The Hall–Kier alpha value is -1.67. The molecule has 0 bridgehead atoms. The number of carbonyl (C=O) groups excluding carboxylic acids is 1. The molecule has 0 aliphatic rings. The van der Waals surface area contributed by atoms with Crippen LogP contribution in [0.25, 0.3) is 0 Å². The molecule has 1 aromatic heterocycles. The number of hydrogen-bond donors (Lipinski definition) is 1. The summed E-state index contributed by atoms with van der Waals surface area (Å²) < 4.78 is 13.8. The topological polar surface area (TPSA) is 72.1 Å². The van der Waals surface area contributed by atoms with Crippen LogP contribution in [0.3, 0.4) is 0 Å². The smallest absolute Gasteiger partial charge is 0.233 e. The Labute approximate surface area is 130 Å². The van der Waals surface area contributed by atoms with Crippen LogP contribution in [0.2, 0.25) is 0 Å². The van der Waals surface area contributed by atoms with Gasteiger partial charge >= 0.3 is 0 Å². The van der Waals surface area contributed by atoms with E-state index >= 15 is 0 Å². The fourth-order valence-corrected chi connectivity index (χ4v) is 3.26.